The van der Waals surface area contributed by atoms with Gasteiger partial charge < -0.3 is 10.2 Å². The van der Waals surface area contributed by atoms with E-state index >= 15 is 0 Å². The van der Waals surface area contributed by atoms with Crippen molar-refractivity contribution < 1.29 is 0 Å². The number of hydrogen-bond acceptors (Lipinski definition) is 2. The van der Waals surface area contributed by atoms with Crippen molar-refractivity contribution in [2.45, 2.75) is 44.6 Å². The van der Waals surface area contributed by atoms with Gasteiger partial charge in [0, 0.05) is 19.1 Å². The molecule has 1 aliphatic heterocycles. The van der Waals surface area contributed by atoms with E-state index in [0.29, 0.717) is 0 Å². The zero-order valence-electron chi connectivity index (χ0n) is 12.7. The molecule has 1 aromatic rings. The molecule has 3 rings (SSSR count). The Hall–Kier alpha value is -0.860. The molecule has 0 unspecified atom stereocenters. The first-order chi connectivity index (χ1) is 9.81. The third kappa shape index (κ3) is 3.62. The molecule has 1 heterocycles. The van der Waals surface area contributed by atoms with Crippen molar-refractivity contribution in [2.75, 3.05) is 26.2 Å². The Morgan fingerprint density at radius 1 is 1.10 bits per heavy atom. The predicted octanol–water partition coefficient (Wildman–Crippen LogP) is 3.25. The molecule has 2 nitrogen and oxygen atoms in total. The maximum absolute atomic E-state index is 3.74. The highest BCUT2D eigenvalue weighted by molar-refractivity contribution is 5.22. The highest BCUT2D eigenvalue weighted by Crippen LogP contribution is 2.36. The van der Waals surface area contributed by atoms with Crippen LogP contribution in [0.4, 0.5) is 0 Å². The van der Waals surface area contributed by atoms with Gasteiger partial charge in [0.2, 0.25) is 0 Å². The summed E-state index contributed by atoms with van der Waals surface area (Å²) in [7, 11) is 0. The average molecular weight is 272 g/mol. The lowest BCUT2D eigenvalue weighted by Gasteiger charge is -2.37. The molecule has 110 valence electrons. The summed E-state index contributed by atoms with van der Waals surface area (Å²) < 4.78 is 0. The summed E-state index contributed by atoms with van der Waals surface area (Å²) in [6, 6.07) is 11.7. The van der Waals surface area contributed by atoms with Gasteiger partial charge in [-0.2, -0.15) is 0 Å². The van der Waals surface area contributed by atoms with E-state index in [1.807, 2.05) is 0 Å². The van der Waals surface area contributed by atoms with Crippen LogP contribution in [0.25, 0.3) is 0 Å². The molecule has 1 saturated heterocycles. The molecule has 2 heteroatoms. The summed E-state index contributed by atoms with van der Waals surface area (Å²) in [5, 5.41) is 3.74. The standard InChI is InChI=1S/C18H28N2/c1-15-7-10-20(11-8-15)12-9-19-18-13-17(14-18)16-5-3-2-4-6-16/h2-6,15,17-19H,7-14H2,1H3. The van der Waals surface area contributed by atoms with Crippen LogP contribution >= 0.6 is 0 Å². The van der Waals surface area contributed by atoms with Gasteiger partial charge >= 0.3 is 0 Å². The van der Waals surface area contributed by atoms with Crippen molar-refractivity contribution in [1.82, 2.24) is 10.2 Å². The Morgan fingerprint density at radius 3 is 2.50 bits per heavy atom. The summed E-state index contributed by atoms with van der Waals surface area (Å²) in [6.45, 7) is 7.40. The molecule has 1 N–H and O–H groups in total. The fourth-order valence-electron chi connectivity index (χ4n) is 3.49. The summed E-state index contributed by atoms with van der Waals surface area (Å²) in [5.41, 5.74) is 1.52. The molecule has 0 atom stereocenters. The molecule has 2 aliphatic rings. The monoisotopic (exact) mass is 272 g/mol. The fraction of sp³-hybridized carbons (Fsp3) is 0.667. The minimum absolute atomic E-state index is 0.754. The molecule has 1 saturated carbocycles. The Bertz CT molecular complexity index is 389. The minimum Gasteiger partial charge on any atom is -0.313 e. The van der Waals surface area contributed by atoms with Gasteiger partial charge in [0.25, 0.3) is 0 Å². The smallest absolute Gasteiger partial charge is 0.0107 e. The Morgan fingerprint density at radius 2 is 1.80 bits per heavy atom. The molecule has 0 amide bonds. The largest absolute Gasteiger partial charge is 0.313 e. The molecule has 0 aromatic heterocycles. The van der Waals surface area contributed by atoms with Crippen LogP contribution in [-0.2, 0) is 0 Å². The van der Waals surface area contributed by atoms with Crippen LogP contribution in [0.5, 0.6) is 0 Å². The first-order valence-corrected chi connectivity index (χ1v) is 8.32. The lowest BCUT2D eigenvalue weighted by atomic mass is 9.76. The number of piperidine rings is 1. The molecule has 2 fully saturated rings. The van der Waals surface area contributed by atoms with Crippen LogP contribution < -0.4 is 5.32 Å². The Labute approximate surface area is 123 Å². The molecule has 0 radical (unpaired) electrons. The second-order valence-corrected chi connectivity index (χ2v) is 6.75. The van der Waals surface area contributed by atoms with Crippen LogP contribution in [0.2, 0.25) is 0 Å². The van der Waals surface area contributed by atoms with Crippen LogP contribution in [0, 0.1) is 5.92 Å². The molecular weight excluding hydrogens is 244 g/mol. The van der Waals surface area contributed by atoms with E-state index < -0.39 is 0 Å². The van der Waals surface area contributed by atoms with Gasteiger partial charge in [-0.25, -0.2) is 0 Å². The van der Waals surface area contributed by atoms with Crippen molar-refractivity contribution in [3.8, 4) is 0 Å². The van der Waals surface area contributed by atoms with E-state index in [9.17, 15) is 0 Å². The number of benzene rings is 1. The van der Waals surface area contributed by atoms with Crippen molar-refractivity contribution in [3.63, 3.8) is 0 Å². The zero-order chi connectivity index (χ0) is 13.8. The highest BCUT2D eigenvalue weighted by Gasteiger charge is 2.29. The van der Waals surface area contributed by atoms with Crippen LogP contribution in [0.1, 0.15) is 44.1 Å². The minimum atomic E-state index is 0.754. The van der Waals surface area contributed by atoms with E-state index in [0.717, 1.165) is 17.9 Å². The van der Waals surface area contributed by atoms with Crippen molar-refractivity contribution in [1.29, 1.82) is 0 Å². The number of rotatable bonds is 5. The number of hydrogen-bond donors (Lipinski definition) is 1. The molecule has 1 aliphatic carbocycles. The Balaban J connectivity index is 1.30. The lowest BCUT2D eigenvalue weighted by Crippen LogP contribution is -2.44. The van der Waals surface area contributed by atoms with Gasteiger partial charge in [-0.1, -0.05) is 37.3 Å². The summed E-state index contributed by atoms with van der Waals surface area (Å²) in [6.07, 6.45) is 5.42. The second-order valence-electron chi connectivity index (χ2n) is 6.75. The first kappa shape index (κ1) is 14.1. The number of nitrogens with zero attached hydrogens (tertiary/aromatic N) is 1. The van der Waals surface area contributed by atoms with Crippen molar-refractivity contribution in [2.24, 2.45) is 5.92 Å². The molecule has 0 bridgehead atoms. The SMILES string of the molecule is CC1CCN(CCNC2CC(c3ccccc3)C2)CC1. The van der Waals surface area contributed by atoms with E-state index in [2.05, 4.69) is 47.5 Å². The molecule has 0 spiro atoms. The second kappa shape index (κ2) is 6.73. The van der Waals surface area contributed by atoms with E-state index in [4.69, 9.17) is 0 Å². The summed E-state index contributed by atoms with van der Waals surface area (Å²) in [4.78, 5) is 2.63. The van der Waals surface area contributed by atoms with Crippen molar-refractivity contribution in [3.05, 3.63) is 35.9 Å². The van der Waals surface area contributed by atoms with Gasteiger partial charge in [-0.05, 0) is 56.2 Å². The highest BCUT2D eigenvalue weighted by atomic mass is 15.1. The number of nitrogens with one attached hydrogen (secondary N) is 1. The van der Waals surface area contributed by atoms with Gasteiger partial charge in [0.15, 0.2) is 0 Å². The fourth-order valence-corrected chi connectivity index (χ4v) is 3.49. The third-order valence-electron chi connectivity index (χ3n) is 5.15. The van der Waals surface area contributed by atoms with Gasteiger partial charge in [-0.3, -0.25) is 0 Å². The van der Waals surface area contributed by atoms with Crippen LogP contribution in [0.3, 0.4) is 0 Å². The first-order valence-electron chi connectivity index (χ1n) is 8.32. The van der Waals surface area contributed by atoms with Gasteiger partial charge in [0.05, 0.1) is 0 Å². The van der Waals surface area contributed by atoms with Crippen LogP contribution in [-0.4, -0.2) is 37.1 Å². The quantitative estimate of drug-likeness (QED) is 0.885. The van der Waals surface area contributed by atoms with Gasteiger partial charge in [-0.15, -0.1) is 0 Å². The van der Waals surface area contributed by atoms with E-state index in [1.54, 1.807) is 0 Å². The Kier molecular flexibility index (Phi) is 4.74. The normalized spacial score (nSPS) is 28.2. The molecule has 1 aromatic carbocycles. The lowest BCUT2D eigenvalue weighted by molar-refractivity contribution is 0.184. The summed E-state index contributed by atoms with van der Waals surface area (Å²) in [5.74, 6) is 1.74. The third-order valence-corrected chi connectivity index (χ3v) is 5.15. The van der Waals surface area contributed by atoms with Crippen LogP contribution in [0.15, 0.2) is 30.3 Å². The maximum Gasteiger partial charge on any atom is 0.0107 e. The predicted molar refractivity (Wildman–Crippen MR) is 85.0 cm³/mol. The van der Waals surface area contributed by atoms with E-state index in [-0.39, 0.29) is 0 Å². The van der Waals surface area contributed by atoms with Crippen molar-refractivity contribution >= 4 is 0 Å². The summed E-state index contributed by atoms with van der Waals surface area (Å²) >= 11 is 0. The average Bonchev–Trinajstić information content (AvgIpc) is 2.44. The molecule has 20 heavy (non-hydrogen) atoms. The molecular formula is C18H28N2. The number of likely N-dealkylation sites (tertiary alicyclic amines) is 1. The topological polar surface area (TPSA) is 15.3 Å². The van der Waals surface area contributed by atoms with Gasteiger partial charge in [0.1, 0.15) is 0 Å². The van der Waals surface area contributed by atoms with E-state index in [1.165, 1.54) is 57.4 Å². The maximum atomic E-state index is 3.74. The zero-order valence-corrected chi connectivity index (χ0v) is 12.7.